The van der Waals surface area contributed by atoms with E-state index in [0.29, 0.717) is 43.7 Å². The van der Waals surface area contributed by atoms with Crippen LogP contribution in [0, 0.1) is 5.92 Å². The first kappa shape index (κ1) is 33.1. The van der Waals surface area contributed by atoms with E-state index in [1.54, 1.807) is 21.6 Å². The topological polar surface area (TPSA) is 130 Å². The van der Waals surface area contributed by atoms with Gasteiger partial charge in [-0.25, -0.2) is 0 Å². The van der Waals surface area contributed by atoms with Gasteiger partial charge in [0.15, 0.2) is 13.9 Å². The van der Waals surface area contributed by atoms with Gasteiger partial charge >= 0.3 is 0 Å². The maximum Gasteiger partial charge on any atom is 0.264 e. The van der Waals surface area contributed by atoms with Crippen molar-refractivity contribution in [2.75, 3.05) is 23.5 Å². The minimum Gasteiger partial charge on any atom is -0.497 e. The van der Waals surface area contributed by atoms with Crippen molar-refractivity contribution in [1.82, 2.24) is 15.0 Å². The van der Waals surface area contributed by atoms with Gasteiger partial charge in [-0.2, -0.15) is 0 Å². The van der Waals surface area contributed by atoms with Gasteiger partial charge in [-0.05, 0) is 73.5 Å². The lowest BCUT2D eigenvalue weighted by molar-refractivity contribution is -0.146. The molecule has 0 bridgehead atoms. The number of aliphatic hydroxyl groups excluding tert-OH is 1. The molecule has 4 atom stereocenters. The van der Waals surface area contributed by atoms with E-state index >= 15 is 0 Å². The van der Waals surface area contributed by atoms with E-state index in [4.69, 9.17) is 9.47 Å². The van der Waals surface area contributed by atoms with Gasteiger partial charge in [0.25, 0.3) is 5.91 Å². The predicted octanol–water partition coefficient (Wildman–Crippen LogP) is 4.87. The summed E-state index contributed by atoms with van der Waals surface area (Å²) in [4.78, 5) is 43.4. The Balaban J connectivity index is 1.23. The highest BCUT2D eigenvalue weighted by atomic mass is 28.4. The van der Waals surface area contributed by atoms with Crippen molar-refractivity contribution in [3.8, 4) is 5.75 Å². The molecule has 1 aromatic heterocycles. The van der Waals surface area contributed by atoms with Gasteiger partial charge < -0.3 is 24.3 Å². The Kier molecular flexibility index (Phi) is 8.68. The van der Waals surface area contributed by atoms with E-state index < -0.39 is 20.0 Å². The summed E-state index contributed by atoms with van der Waals surface area (Å²) in [5.41, 5.74) is 4.27. The molecule has 7 rings (SSSR count). The zero-order chi connectivity index (χ0) is 34.5. The van der Waals surface area contributed by atoms with E-state index in [1.165, 1.54) is 0 Å². The Bertz CT molecular complexity index is 1890. The summed E-state index contributed by atoms with van der Waals surface area (Å²) in [5.74, 6) is 0.153. The fourth-order valence-electron chi connectivity index (χ4n) is 8.23. The van der Waals surface area contributed by atoms with Crippen LogP contribution in [0.25, 0.3) is 0 Å². The van der Waals surface area contributed by atoms with E-state index in [9.17, 15) is 19.5 Å². The number of nitrogens with zero attached hydrogens (tertiary/aromatic N) is 5. The molecule has 4 aromatic rings. The van der Waals surface area contributed by atoms with Gasteiger partial charge in [0.05, 0.1) is 36.8 Å². The number of aromatic nitrogens is 3. The molecule has 0 saturated carbocycles. The van der Waals surface area contributed by atoms with Crippen molar-refractivity contribution < 1.29 is 29.0 Å². The third-order valence-electron chi connectivity index (χ3n) is 10.4. The summed E-state index contributed by atoms with van der Waals surface area (Å²) < 4.78 is 14.4. The van der Waals surface area contributed by atoms with E-state index in [1.807, 2.05) is 86.9 Å². The molecule has 12 heteroatoms. The van der Waals surface area contributed by atoms with Crippen LogP contribution in [-0.4, -0.2) is 64.8 Å². The Labute approximate surface area is 287 Å². The molecule has 2 N–H and O–H groups in total. The lowest BCUT2D eigenvalue weighted by atomic mass is 9.82. The van der Waals surface area contributed by atoms with Crippen LogP contribution in [0.2, 0.25) is 18.6 Å². The first-order chi connectivity index (χ1) is 23.5. The van der Waals surface area contributed by atoms with Crippen molar-refractivity contribution in [2.24, 2.45) is 5.92 Å². The molecule has 2 amide bonds. The lowest BCUT2D eigenvalue weighted by Gasteiger charge is -2.32. The summed E-state index contributed by atoms with van der Waals surface area (Å²) in [7, 11) is -1.26. The third-order valence-corrected chi connectivity index (χ3v) is 12.9. The number of benzene rings is 3. The number of hydrogen-bond acceptors (Lipinski definition) is 8. The summed E-state index contributed by atoms with van der Waals surface area (Å²) in [6.07, 6.45) is 3.50. The van der Waals surface area contributed by atoms with Crippen LogP contribution < -0.4 is 14.5 Å². The van der Waals surface area contributed by atoms with E-state index in [2.05, 4.69) is 16.4 Å². The maximum atomic E-state index is 14.9. The van der Waals surface area contributed by atoms with E-state index in [0.717, 1.165) is 33.8 Å². The lowest BCUT2D eigenvalue weighted by Crippen LogP contribution is -2.46. The molecule has 3 aromatic carbocycles. The molecule has 49 heavy (non-hydrogen) atoms. The molecule has 0 aliphatic carbocycles. The predicted molar refractivity (Wildman–Crippen MR) is 187 cm³/mol. The fourth-order valence-corrected chi connectivity index (χ4v) is 10.8. The van der Waals surface area contributed by atoms with Gasteiger partial charge in [-0.15, -0.1) is 5.10 Å². The Morgan fingerprint density at radius 2 is 1.86 bits per heavy atom. The zero-order valence-electron chi connectivity index (χ0n) is 28.4. The largest absolute Gasteiger partial charge is 0.497 e. The number of carbonyl (C=O) groups is 2. The molecule has 1 saturated heterocycles. The summed E-state index contributed by atoms with van der Waals surface area (Å²) in [6.45, 7) is 6.60. The van der Waals surface area contributed by atoms with Gasteiger partial charge in [-0.3, -0.25) is 19.2 Å². The monoisotopic (exact) mass is 681 g/mol. The van der Waals surface area contributed by atoms with Crippen molar-refractivity contribution in [3.05, 3.63) is 95.3 Å². The molecular formula is C37H43N5O6Si. The molecule has 1 fully saturated rings. The molecule has 256 valence electrons. The number of rotatable bonds is 10. The number of methoxy groups -OCH3 is 1. The normalized spacial score (nSPS) is 23.3. The van der Waals surface area contributed by atoms with E-state index in [-0.39, 0.29) is 36.4 Å². The Morgan fingerprint density at radius 3 is 2.63 bits per heavy atom. The Hall–Kier alpha value is -4.36. The van der Waals surface area contributed by atoms with Crippen LogP contribution in [0.15, 0.2) is 72.9 Å². The molecule has 3 aliphatic rings. The highest BCUT2D eigenvalue weighted by Gasteiger charge is 2.66. The van der Waals surface area contributed by atoms with Crippen LogP contribution in [0.4, 0.5) is 17.1 Å². The summed E-state index contributed by atoms with van der Waals surface area (Å²) in [5, 5.41) is 17.7. The first-order valence-corrected chi connectivity index (χ1v) is 20.0. The fraction of sp³-hybridized carbons (Fsp3) is 0.405. The van der Waals surface area contributed by atoms with Crippen molar-refractivity contribution in [3.63, 3.8) is 0 Å². The third kappa shape index (κ3) is 5.76. The molecular weight excluding hydrogens is 639 g/mol. The molecule has 11 nitrogen and oxygen atoms in total. The number of fused-ring (bicyclic) bond motifs is 3. The average molecular weight is 682 g/mol. The number of hydrogen-bond donors (Lipinski definition) is 2. The van der Waals surface area contributed by atoms with Crippen molar-refractivity contribution in [2.45, 2.75) is 76.0 Å². The number of ether oxygens (including phenoxy) is 2. The second-order valence-corrected chi connectivity index (χ2v) is 17.9. The molecule has 3 aliphatic heterocycles. The zero-order valence-corrected chi connectivity index (χ0v) is 29.4. The number of aryl methyl sites for hydroxylation is 2. The standard InChI is InChI=1S/C37H43N5O6Si/c1-24-35(49(3,4)46)33(16-18-40-23-27(17-19-43)38-39-40)48-37(24)30-21-29(47-2)13-14-32(30)41(36(37)45)22-25-8-7-10-28(20-25)42-31-11-6-5-9-26(31)12-15-34(42)44/h5-11,13-14,20-21,23-24,33,35,43,46H,12,15-19,22H2,1-4H3/t24-,33+,35-,37+/m0/s1. The number of carbonyl (C=O) groups excluding carboxylic acids is 2. The van der Waals surface area contributed by atoms with Crippen LogP contribution in [0.1, 0.15) is 42.1 Å². The SMILES string of the molecule is COc1ccc2c(c1)[C@@]1(O[C@H](CCn3cc(CCO)nn3)[C@@H]([Si](C)(C)O)[C@@H]1C)C(=O)N2Cc1cccc(N2C(=O)CCc3ccccc32)c1. The Morgan fingerprint density at radius 1 is 1.04 bits per heavy atom. The quantitative estimate of drug-likeness (QED) is 0.227. The molecule has 0 unspecified atom stereocenters. The van der Waals surface area contributed by atoms with Gasteiger partial charge in [0.1, 0.15) is 5.75 Å². The second kappa shape index (κ2) is 12.8. The van der Waals surface area contributed by atoms with Crippen molar-refractivity contribution >= 4 is 37.2 Å². The van der Waals surface area contributed by atoms with Crippen molar-refractivity contribution in [1.29, 1.82) is 0 Å². The van der Waals surface area contributed by atoms with Crippen LogP contribution >= 0.6 is 0 Å². The maximum absolute atomic E-state index is 14.9. The smallest absolute Gasteiger partial charge is 0.264 e. The number of amides is 2. The number of aliphatic hydroxyl groups is 1. The number of para-hydroxylation sites is 1. The molecule has 4 heterocycles. The van der Waals surface area contributed by atoms with Gasteiger partial charge in [0.2, 0.25) is 5.91 Å². The van der Waals surface area contributed by atoms with Gasteiger partial charge in [0, 0.05) is 54.9 Å². The summed E-state index contributed by atoms with van der Waals surface area (Å²) in [6, 6.07) is 21.5. The minimum atomic E-state index is -2.86. The highest BCUT2D eigenvalue weighted by molar-refractivity contribution is 6.71. The molecule has 0 radical (unpaired) electrons. The minimum absolute atomic E-state index is 0.00699. The summed E-state index contributed by atoms with van der Waals surface area (Å²) >= 11 is 0. The van der Waals surface area contributed by atoms with Crippen LogP contribution in [0.3, 0.4) is 0 Å². The average Bonchev–Trinajstić information content (AvgIpc) is 3.73. The van der Waals surface area contributed by atoms with Crippen LogP contribution in [-0.2, 0) is 45.9 Å². The van der Waals surface area contributed by atoms with Crippen LogP contribution in [0.5, 0.6) is 5.75 Å². The molecule has 1 spiro atoms. The van der Waals surface area contributed by atoms with Gasteiger partial charge in [-0.1, -0.05) is 42.5 Å². The number of anilines is 3. The first-order valence-electron chi connectivity index (χ1n) is 17.0. The second-order valence-electron chi connectivity index (χ2n) is 13.9. The highest BCUT2D eigenvalue weighted by Crippen LogP contribution is 2.60.